The van der Waals surface area contributed by atoms with Crippen LogP contribution in [0.1, 0.15) is 25.5 Å². The van der Waals surface area contributed by atoms with Gasteiger partial charge in [-0.1, -0.05) is 37.0 Å². The van der Waals surface area contributed by atoms with Gasteiger partial charge in [0, 0.05) is 10.6 Å². The van der Waals surface area contributed by atoms with Crippen molar-refractivity contribution in [3.63, 3.8) is 0 Å². The Labute approximate surface area is 134 Å². The summed E-state index contributed by atoms with van der Waals surface area (Å²) >= 11 is 14.1. The van der Waals surface area contributed by atoms with E-state index in [0.717, 1.165) is 9.26 Å². The highest BCUT2D eigenvalue weighted by atomic mass is 127. The van der Waals surface area contributed by atoms with Gasteiger partial charge in [-0.3, -0.25) is 0 Å². The minimum atomic E-state index is -0.424. The normalized spacial score (nSPS) is 11.1. The van der Waals surface area contributed by atoms with Gasteiger partial charge in [0.15, 0.2) is 5.82 Å². The first-order valence-corrected chi connectivity index (χ1v) is 7.41. The monoisotopic (exact) mass is 410 g/mol. The SMILES string of the molecule is CC(C)c1nc(-c2cc(F)cc(Cl)c2)nc(Cl)c1I. The molecule has 19 heavy (non-hydrogen) atoms. The first-order valence-electron chi connectivity index (χ1n) is 5.58. The third-order valence-electron chi connectivity index (χ3n) is 2.50. The van der Waals surface area contributed by atoms with Gasteiger partial charge in [0.05, 0.1) is 9.26 Å². The fourth-order valence-corrected chi connectivity index (χ4v) is 2.89. The van der Waals surface area contributed by atoms with Gasteiger partial charge >= 0.3 is 0 Å². The highest BCUT2D eigenvalue weighted by Gasteiger charge is 2.15. The molecule has 0 saturated carbocycles. The maximum absolute atomic E-state index is 13.4. The van der Waals surface area contributed by atoms with Crippen LogP contribution in [0.2, 0.25) is 10.2 Å². The summed E-state index contributed by atoms with van der Waals surface area (Å²) in [6.07, 6.45) is 0. The zero-order chi connectivity index (χ0) is 14.2. The maximum atomic E-state index is 13.4. The molecule has 0 aliphatic rings. The smallest absolute Gasteiger partial charge is 0.161 e. The lowest BCUT2D eigenvalue weighted by atomic mass is 10.1. The topological polar surface area (TPSA) is 25.8 Å². The summed E-state index contributed by atoms with van der Waals surface area (Å²) in [6.45, 7) is 4.03. The molecule has 1 aromatic carbocycles. The van der Waals surface area contributed by atoms with Crippen molar-refractivity contribution in [1.82, 2.24) is 9.97 Å². The lowest BCUT2D eigenvalue weighted by Crippen LogP contribution is -2.02. The highest BCUT2D eigenvalue weighted by Crippen LogP contribution is 2.29. The Morgan fingerprint density at radius 1 is 1.16 bits per heavy atom. The number of hydrogen-bond donors (Lipinski definition) is 0. The number of aromatic nitrogens is 2. The van der Waals surface area contributed by atoms with E-state index in [-0.39, 0.29) is 5.92 Å². The molecule has 0 aliphatic carbocycles. The highest BCUT2D eigenvalue weighted by molar-refractivity contribution is 14.1. The molecule has 1 heterocycles. The lowest BCUT2D eigenvalue weighted by molar-refractivity contribution is 0.628. The molecular weight excluding hydrogens is 401 g/mol. The van der Waals surface area contributed by atoms with Crippen LogP contribution in [0, 0.1) is 9.39 Å². The zero-order valence-corrected chi connectivity index (χ0v) is 13.9. The summed E-state index contributed by atoms with van der Waals surface area (Å²) in [5, 5.41) is 0.675. The first kappa shape index (κ1) is 14.9. The molecular formula is C13H10Cl2FIN2. The molecule has 2 aromatic rings. The van der Waals surface area contributed by atoms with Gasteiger partial charge in [-0.05, 0) is 46.7 Å². The molecule has 0 amide bonds. The summed E-state index contributed by atoms with van der Waals surface area (Å²) < 4.78 is 14.2. The predicted octanol–water partition coefficient (Wildman–Crippen LogP) is 5.32. The Morgan fingerprint density at radius 3 is 2.42 bits per heavy atom. The van der Waals surface area contributed by atoms with E-state index in [0.29, 0.717) is 21.6 Å². The maximum Gasteiger partial charge on any atom is 0.161 e. The van der Waals surface area contributed by atoms with Gasteiger partial charge in [0.25, 0.3) is 0 Å². The van der Waals surface area contributed by atoms with E-state index in [1.165, 1.54) is 12.1 Å². The van der Waals surface area contributed by atoms with Crippen LogP contribution in [0.4, 0.5) is 4.39 Å². The van der Waals surface area contributed by atoms with Crippen LogP contribution in [0.15, 0.2) is 18.2 Å². The van der Waals surface area contributed by atoms with E-state index in [1.54, 1.807) is 6.07 Å². The lowest BCUT2D eigenvalue weighted by Gasteiger charge is -2.11. The molecule has 2 rings (SSSR count). The minimum Gasteiger partial charge on any atom is -0.232 e. The third-order valence-corrected chi connectivity index (χ3v) is 4.38. The first-order chi connectivity index (χ1) is 8.88. The summed E-state index contributed by atoms with van der Waals surface area (Å²) in [7, 11) is 0. The molecule has 1 aromatic heterocycles. The molecule has 0 aliphatic heterocycles. The van der Waals surface area contributed by atoms with Crippen molar-refractivity contribution in [2.45, 2.75) is 19.8 Å². The van der Waals surface area contributed by atoms with Crippen molar-refractivity contribution < 1.29 is 4.39 Å². The van der Waals surface area contributed by atoms with E-state index in [2.05, 4.69) is 32.6 Å². The quantitative estimate of drug-likeness (QED) is 0.494. The molecule has 100 valence electrons. The number of nitrogens with zero attached hydrogens (tertiary/aromatic N) is 2. The second-order valence-electron chi connectivity index (χ2n) is 4.35. The Morgan fingerprint density at radius 2 is 1.84 bits per heavy atom. The fraction of sp³-hybridized carbons (Fsp3) is 0.231. The standard InChI is InChI=1S/C13H10Cl2FIN2/c1-6(2)11-10(17)12(15)19-13(18-11)7-3-8(14)5-9(16)4-7/h3-6H,1-2H3. The Hall–Kier alpha value is -0.460. The van der Waals surface area contributed by atoms with Crippen LogP contribution >= 0.6 is 45.8 Å². The minimum absolute atomic E-state index is 0.204. The molecule has 0 radical (unpaired) electrons. The van der Waals surface area contributed by atoms with E-state index < -0.39 is 5.82 Å². The van der Waals surface area contributed by atoms with Crippen molar-refractivity contribution >= 4 is 45.8 Å². The average Bonchev–Trinajstić information content (AvgIpc) is 2.30. The summed E-state index contributed by atoms with van der Waals surface area (Å²) in [4.78, 5) is 8.65. The zero-order valence-electron chi connectivity index (χ0n) is 10.2. The fourth-order valence-electron chi connectivity index (χ4n) is 1.63. The largest absolute Gasteiger partial charge is 0.232 e. The van der Waals surface area contributed by atoms with Gasteiger partial charge in [-0.25, -0.2) is 14.4 Å². The van der Waals surface area contributed by atoms with Crippen LogP contribution in [-0.4, -0.2) is 9.97 Å². The van der Waals surface area contributed by atoms with Crippen molar-refractivity contribution in [1.29, 1.82) is 0 Å². The van der Waals surface area contributed by atoms with Crippen LogP contribution < -0.4 is 0 Å². The number of benzene rings is 1. The molecule has 6 heteroatoms. The van der Waals surface area contributed by atoms with E-state index >= 15 is 0 Å². The summed E-state index contributed by atoms with van der Waals surface area (Å²) in [6, 6.07) is 4.20. The second kappa shape index (κ2) is 5.89. The molecule has 0 atom stereocenters. The van der Waals surface area contributed by atoms with Gasteiger partial charge in [-0.2, -0.15) is 0 Å². The van der Waals surface area contributed by atoms with Gasteiger partial charge < -0.3 is 0 Å². The van der Waals surface area contributed by atoms with Crippen LogP contribution in [0.3, 0.4) is 0 Å². The van der Waals surface area contributed by atoms with E-state index in [4.69, 9.17) is 23.2 Å². The number of hydrogen-bond acceptors (Lipinski definition) is 2. The Balaban J connectivity index is 2.62. The van der Waals surface area contributed by atoms with Crippen LogP contribution in [0.5, 0.6) is 0 Å². The van der Waals surface area contributed by atoms with E-state index in [9.17, 15) is 4.39 Å². The van der Waals surface area contributed by atoms with Gasteiger partial charge in [0.2, 0.25) is 0 Å². The van der Waals surface area contributed by atoms with Crippen molar-refractivity contribution in [3.05, 3.63) is 43.5 Å². The molecule has 2 nitrogen and oxygen atoms in total. The van der Waals surface area contributed by atoms with Crippen molar-refractivity contribution in [3.8, 4) is 11.4 Å². The molecule has 0 saturated heterocycles. The molecule has 0 unspecified atom stereocenters. The Bertz CT molecular complexity index is 612. The molecule has 0 bridgehead atoms. The number of halogens is 4. The van der Waals surface area contributed by atoms with Crippen LogP contribution in [0.25, 0.3) is 11.4 Å². The second-order valence-corrected chi connectivity index (χ2v) is 6.22. The number of rotatable bonds is 2. The average molecular weight is 411 g/mol. The van der Waals surface area contributed by atoms with Crippen molar-refractivity contribution in [2.24, 2.45) is 0 Å². The third kappa shape index (κ3) is 3.35. The molecule has 0 fully saturated rings. The molecule has 0 spiro atoms. The summed E-state index contributed by atoms with van der Waals surface area (Å²) in [5.41, 5.74) is 1.36. The molecule has 0 N–H and O–H groups in total. The summed E-state index contributed by atoms with van der Waals surface area (Å²) in [5.74, 6) is 0.164. The Kier molecular flexibility index (Phi) is 4.63. The van der Waals surface area contributed by atoms with Gasteiger partial charge in [0.1, 0.15) is 11.0 Å². The predicted molar refractivity (Wildman–Crippen MR) is 84.3 cm³/mol. The van der Waals surface area contributed by atoms with Crippen LogP contribution in [-0.2, 0) is 0 Å². The van der Waals surface area contributed by atoms with Gasteiger partial charge in [-0.15, -0.1) is 0 Å². The van der Waals surface area contributed by atoms with Crippen molar-refractivity contribution in [2.75, 3.05) is 0 Å². The van der Waals surface area contributed by atoms with E-state index in [1.807, 2.05) is 13.8 Å².